The molecule has 1 fully saturated rings. The Bertz CT molecular complexity index is 724. The molecule has 2 heterocycles. The van der Waals surface area contributed by atoms with Crippen molar-refractivity contribution in [2.45, 2.75) is 19.3 Å². The molecule has 1 saturated heterocycles. The van der Waals surface area contributed by atoms with Crippen LogP contribution in [-0.4, -0.2) is 50.4 Å². The largest absolute Gasteiger partial charge is 0.493 e. The van der Waals surface area contributed by atoms with E-state index in [0.717, 1.165) is 36.7 Å². The lowest BCUT2D eigenvalue weighted by Crippen LogP contribution is -2.33. The molecule has 7 heteroatoms. The molecule has 2 aliphatic heterocycles. The highest BCUT2D eigenvalue weighted by molar-refractivity contribution is 8.18. The summed E-state index contributed by atoms with van der Waals surface area (Å²) < 4.78 is 16.2. The van der Waals surface area contributed by atoms with E-state index in [-0.39, 0.29) is 5.91 Å². The van der Waals surface area contributed by atoms with Gasteiger partial charge in [0.2, 0.25) is 5.75 Å². The fourth-order valence-electron chi connectivity index (χ4n) is 3.00. The molecule has 1 aromatic rings. The zero-order valence-electron chi connectivity index (χ0n) is 14.7. The number of benzene rings is 1. The number of thioether (sulfide) groups is 1. The number of nitrogens with zero attached hydrogens (tertiary/aromatic N) is 2. The normalized spacial score (nSPS) is 19.2. The molecule has 0 bridgehead atoms. The van der Waals surface area contributed by atoms with Crippen molar-refractivity contribution in [2.75, 3.05) is 34.4 Å². The molecule has 0 aromatic heterocycles. The molecule has 0 spiro atoms. The molecule has 3 rings (SSSR count). The number of piperidine rings is 1. The molecule has 2 aliphatic rings. The van der Waals surface area contributed by atoms with Crippen LogP contribution in [0, 0.1) is 0 Å². The highest BCUT2D eigenvalue weighted by Gasteiger charge is 2.27. The van der Waals surface area contributed by atoms with Gasteiger partial charge in [-0.3, -0.25) is 4.79 Å². The molecular weight excluding hydrogens is 340 g/mol. The van der Waals surface area contributed by atoms with Gasteiger partial charge in [0.05, 0.1) is 26.2 Å². The maximum atomic E-state index is 12.3. The number of likely N-dealkylation sites (tertiary alicyclic amines) is 1. The summed E-state index contributed by atoms with van der Waals surface area (Å²) in [6.07, 6.45) is 5.34. The monoisotopic (exact) mass is 362 g/mol. The molecule has 0 saturated carbocycles. The Hall–Kier alpha value is -2.15. The number of rotatable bonds is 4. The summed E-state index contributed by atoms with van der Waals surface area (Å²) in [5, 5.41) is 0.801. The van der Waals surface area contributed by atoms with Gasteiger partial charge in [0.15, 0.2) is 16.7 Å². The van der Waals surface area contributed by atoms with E-state index in [1.54, 1.807) is 33.5 Å². The van der Waals surface area contributed by atoms with Gasteiger partial charge in [-0.1, -0.05) is 0 Å². The van der Waals surface area contributed by atoms with Crippen molar-refractivity contribution < 1.29 is 19.0 Å². The second kappa shape index (κ2) is 7.82. The number of amidine groups is 1. The predicted molar refractivity (Wildman–Crippen MR) is 99.5 cm³/mol. The summed E-state index contributed by atoms with van der Waals surface area (Å²) in [5.74, 6) is 1.42. The van der Waals surface area contributed by atoms with E-state index in [2.05, 4.69) is 9.89 Å². The van der Waals surface area contributed by atoms with Gasteiger partial charge in [0.25, 0.3) is 5.91 Å². The van der Waals surface area contributed by atoms with Crippen molar-refractivity contribution in [2.24, 2.45) is 4.99 Å². The maximum Gasteiger partial charge on any atom is 0.286 e. The number of methoxy groups -OCH3 is 3. The van der Waals surface area contributed by atoms with Crippen LogP contribution in [0.25, 0.3) is 6.08 Å². The second-order valence-corrected chi connectivity index (χ2v) is 6.79. The number of hydrogen-bond acceptors (Lipinski definition) is 6. The second-order valence-electron chi connectivity index (χ2n) is 5.78. The minimum atomic E-state index is -0.206. The van der Waals surface area contributed by atoms with E-state index in [1.807, 2.05) is 6.07 Å². The van der Waals surface area contributed by atoms with Gasteiger partial charge in [-0.05, 0) is 49.2 Å². The summed E-state index contributed by atoms with van der Waals surface area (Å²) >= 11 is 1.42. The highest BCUT2D eigenvalue weighted by Crippen LogP contribution is 2.42. The van der Waals surface area contributed by atoms with Crippen molar-refractivity contribution in [1.29, 1.82) is 0 Å². The van der Waals surface area contributed by atoms with Crippen molar-refractivity contribution >= 4 is 28.9 Å². The standard InChI is InChI=1S/C18H22N2O4S/c1-22-13-8-7-12(15(23-2)16(13)24-3)11-14-17(21)19-18(25-14)20-9-5-4-6-10-20/h7-8,11H,4-6,9-10H2,1-3H3/b14-11+. The van der Waals surface area contributed by atoms with Gasteiger partial charge in [-0.2, -0.15) is 4.99 Å². The Morgan fingerprint density at radius 2 is 1.76 bits per heavy atom. The van der Waals surface area contributed by atoms with E-state index in [4.69, 9.17) is 14.2 Å². The van der Waals surface area contributed by atoms with Crippen LogP contribution < -0.4 is 14.2 Å². The first-order chi connectivity index (χ1) is 12.2. The Labute approximate surface area is 151 Å². The van der Waals surface area contributed by atoms with E-state index in [1.165, 1.54) is 18.2 Å². The molecule has 0 atom stereocenters. The molecule has 134 valence electrons. The van der Waals surface area contributed by atoms with Gasteiger partial charge in [0, 0.05) is 18.7 Å². The van der Waals surface area contributed by atoms with Gasteiger partial charge in [-0.25, -0.2) is 0 Å². The summed E-state index contributed by atoms with van der Waals surface area (Å²) in [5.41, 5.74) is 0.756. The molecule has 25 heavy (non-hydrogen) atoms. The van der Waals surface area contributed by atoms with Crippen LogP contribution in [0.5, 0.6) is 17.2 Å². The quantitative estimate of drug-likeness (QED) is 0.767. The number of hydrogen-bond donors (Lipinski definition) is 0. The lowest BCUT2D eigenvalue weighted by Gasteiger charge is -2.27. The summed E-state index contributed by atoms with van der Waals surface area (Å²) in [6, 6.07) is 3.64. The molecule has 0 unspecified atom stereocenters. The first kappa shape index (κ1) is 17.7. The minimum absolute atomic E-state index is 0.206. The number of ether oxygens (including phenoxy) is 3. The van der Waals surface area contributed by atoms with Crippen LogP contribution in [0.1, 0.15) is 24.8 Å². The Balaban J connectivity index is 1.87. The van der Waals surface area contributed by atoms with Crippen LogP contribution in [0.4, 0.5) is 0 Å². The first-order valence-electron chi connectivity index (χ1n) is 8.24. The predicted octanol–water partition coefficient (Wildman–Crippen LogP) is 3.17. The fraction of sp³-hybridized carbons (Fsp3) is 0.444. The molecule has 1 aromatic carbocycles. The van der Waals surface area contributed by atoms with Crippen LogP contribution in [0.15, 0.2) is 22.0 Å². The third-order valence-electron chi connectivity index (χ3n) is 4.26. The number of amides is 1. The zero-order valence-corrected chi connectivity index (χ0v) is 15.5. The third-order valence-corrected chi connectivity index (χ3v) is 5.30. The minimum Gasteiger partial charge on any atom is -0.493 e. The SMILES string of the molecule is COc1ccc(/C=C2/SC(N3CCCCC3)=NC2=O)c(OC)c1OC. The van der Waals surface area contributed by atoms with Crippen LogP contribution in [0.3, 0.4) is 0 Å². The van der Waals surface area contributed by atoms with Gasteiger partial charge in [-0.15, -0.1) is 0 Å². The van der Waals surface area contributed by atoms with E-state index in [9.17, 15) is 4.79 Å². The third kappa shape index (κ3) is 3.61. The highest BCUT2D eigenvalue weighted by atomic mass is 32.2. The molecule has 0 aliphatic carbocycles. The molecule has 1 amide bonds. The van der Waals surface area contributed by atoms with E-state index >= 15 is 0 Å². The Morgan fingerprint density at radius 1 is 1.04 bits per heavy atom. The van der Waals surface area contributed by atoms with Crippen molar-refractivity contribution in [1.82, 2.24) is 4.90 Å². The average Bonchev–Trinajstić information content (AvgIpc) is 3.02. The Morgan fingerprint density at radius 3 is 2.40 bits per heavy atom. The fourth-order valence-corrected chi connectivity index (χ4v) is 3.95. The Kier molecular flexibility index (Phi) is 5.53. The number of aliphatic imine (C=N–C) groups is 1. The van der Waals surface area contributed by atoms with Gasteiger partial charge in [0.1, 0.15) is 0 Å². The zero-order chi connectivity index (χ0) is 17.8. The van der Waals surface area contributed by atoms with Crippen molar-refractivity contribution in [3.05, 3.63) is 22.6 Å². The molecule has 6 nitrogen and oxygen atoms in total. The van der Waals surface area contributed by atoms with E-state index < -0.39 is 0 Å². The molecular formula is C18H22N2O4S. The lowest BCUT2D eigenvalue weighted by atomic mass is 10.1. The first-order valence-corrected chi connectivity index (χ1v) is 9.06. The van der Waals surface area contributed by atoms with Crippen molar-refractivity contribution in [3.63, 3.8) is 0 Å². The summed E-state index contributed by atoms with van der Waals surface area (Å²) in [4.78, 5) is 19.3. The van der Waals surface area contributed by atoms with E-state index in [0.29, 0.717) is 22.2 Å². The van der Waals surface area contributed by atoms with Crippen LogP contribution in [-0.2, 0) is 4.79 Å². The average molecular weight is 362 g/mol. The lowest BCUT2D eigenvalue weighted by molar-refractivity contribution is -0.113. The number of carbonyl (C=O) groups excluding carboxylic acids is 1. The smallest absolute Gasteiger partial charge is 0.286 e. The maximum absolute atomic E-state index is 12.3. The topological polar surface area (TPSA) is 60.4 Å². The molecule has 0 radical (unpaired) electrons. The summed E-state index contributed by atoms with van der Waals surface area (Å²) in [7, 11) is 4.70. The summed E-state index contributed by atoms with van der Waals surface area (Å²) in [6.45, 7) is 1.93. The van der Waals surface area contributed by atoms with Gasteiger partial charge >= 0.3 is 0 Å². The number of carbonyl (C=O) groups is 1. The van der Waals surface area contributed by atoms with Crippen molar-refractivity contribution in [3.8, 4) is 17.2 Å². The molecule has 0 N–H and O–H groups in total. The van der Waals surface area contributed by atoms with Crippen LogP contribution in [0.2, 0.25) is 0 Å². The van der Waals surface area contributed by atoms with Crippen LogP contribution >= 0.6 is 11.8 Å². The van der Waals surface area contributed by atoms with Gasteiger partial charge < -0.3 is 19.1 Å².